The number of ether oxygens (including phenoxy) is 1. The minimum Gasteiger partial charge on any atom is -0.383 e. The topological polar surface area (TPSA) is 21.3 Å². The fourth-order valence-electron chi connectivity index (χ4n) is 2.07. The summed E-state index contributed by atoms with van der Waals surface area (Å²) in [6.07, 6.45) is 1.86. The summed E-state index contributed by atoms with van der Waals surface area (Å²) in [5.74, 6) is -0.237. The Labute approximate surface area is 126 Å². The number of halogens is 2. The van der Waals surface area contributed by atoms with Crippen molar-refractivity contribution in [2.45, 2.75) is 33.6 Å². The fourth-order valence-corrected chi connectivity index (χ4v) is 2.32. The Balaban J connectivity index is 2.51. The second-order valence-electron chi connectivity index (χ2n) is 6.03. The van der Waals surface area contributed by atoms with Crippen molar-refractivity contribution in [2.24, 2.45) is 5.41 Å². The number of nitrogens with one attached hydrogen (secondary N) is 1. The lowest BCUT2D eigenvalue weighted by Gasteiger charge is -2.25. The number of rotatable bonds is 8. The Hall–Kier alpha value is -0.640. The van der Waals surface area contributed by atoms with E-state index in [1.165, 1.54) is 6.07 Å². The van der Waals surface area contributed by atoms with Gasteiger partial charge in [0.05, 0.1) is 6.61 Å². The molecule has 114 valence electrons. The van der Waals surface area contributed by atoms with Gasteiger partial charge in [-0.1, -0.05) is 31.5 Å². The van der Waals surface area contributed by atoms with Crippen LogP contribution in [0.1, 0.15) is 31.4 Å². The first-order valence-electron chi connectivity index (χ1n) is 7.00. The number of hydrogen-bond acceptors (Lipinski definition) is 2. The van der Waals surface area contributed by atoms with Crippen molar-refractivity contribution in [1.29, 1.82) is 0 Å². The molecule has 0 aliphatic heterocycles. The number of benzene rings is 1. The molecule has 0 heterocycles. The first-order chi connectivity index (χ1) is 9.35. The lowest BCUT2D eigenvalue weighted by atomic mass is 9.86. The summed E-state index contributed by atoms with van der Waals surface area (Å²) in [5, 5.41) is 3.90. The molecule has 0 spiro atoms. The van der Waals surface area contributed by atoms with Gasteiger partial charge in [0.15, 0.2) is 0 Å². The lowest BCUT2D eigenvalue weighted by molar-refractivity contribution is 0.193. The summed E-state index contributed by atoms with van der Waals surface area (Å²) in [5.41, 5.74) is 1.84. The Morgan fingerprint density at radius 1 is 1.35 bits per heavy atom. The van der Waals surface area contributed by atoms with Gasteiger partial charge in [-0.3, -0.25) is 0 Å². The number of hydrogen-bond donors (Lipinski definition) is 1. The summed E-state index contributed by atoms with van der Waals surface area (Å²) in [7, 11) is 1.70. The largest absolute Gasteiger partial charge is 0.383 e. The van der Waals surface area contributed by atoms with Gasteiger partial charge >= 0.3 is 0 Å². The molecule has 1 N–H and O–H groups in total. The summed E-state index contributed by atoms with van der Waals surface area (Å²) >= 11 is 6.10. The second-order valence-corrected chi connectivity index (χ2v) is 6.43. The van der Waals surface area contributed by atoms with Crippen LogP contribution >= 0.6 is 11.6 Å². The number of methoxy groups -OCH3 is 1. The van der Waals surface area contributed by atoms with Crippen LogP contribution in [0.4, 0.5) is 4.39 Å². The van der Waals surface area contributed by atoms with Gasteiger partial charge in [0.1, 0.15) is 5.82 Å². The summed E-state index contributed by atoms with van der Waals surface area (Å²) in [6.45, 7) is 8.71. The third kappa shape index (κ3) is 5.78. The van der Waals surface area contributed by atoms with E-state index in [4.69, 9.17) is 16.3 Å². The van der Waals surface area contributed by atoms with E-state index in [0.29, 0.717) is 10.6 Å². The summed E-state index contributed by atoms with van der Waals surface area (Å²) in [6, 6.07) is 3.27. The minimum atomic E-state index is -0.237. The molecule has 0 aliphatic carbocycles. The normalized spacial score (nSPS) is 11.9. The van der Waals surface area contributed by atoms with Crippen LogP contribution in [0.2, 0.25) is 5.02 Å². The standard InChI is InChI=1S/C16H25ClFNO/c1-12-9-13(14(17)10-15(12)18)5-6-16(2,3)11-19-7-8-20-4/h9-10,19H,5-8,11H2,1-4H3. The minimum absolute atomic E-state index is 0.166. The maximum absolute atomic E-state index is 13.4. The van der Waals surface area contributed by atoms with Crippen LogP contribution in [0.3, 0.4) is 0 Å². The zero-order chi connectivity index (χ0) is 15.2. The van der Waals surface area contributed by atoms with Crippen molar-refractivity contribution >= 4 is 11.6 Å². The molecule has 0 saturated carbocycles. The second kappa shape index (κ2) is 7.96. The van der Waals surface area contributed by atoms with Crippen molar-refractivity contribution in [3.63, 3.8) is 0 Å². The molecule has 1 aromatic carbocycles. The molecule has 0 atom stereocenters. The molecule has 0 saturated heterocycles. The van der Waals surface area contributed by atoms with Crippen molar-refractivity contribution < 1.29 is 9.13 Å². The molecule has 1 rings (SSSR count). The monoisotopic (exact) mass is 301 g/mol. The average Bonchev–Trinajstić information content (AvgIpc) is 2.37. The van der Waals surface area contributed by atoms with Crippen LogP contribution in [-0.2, 0) is 11.2 Å². The molecule has 2 nitrogen and oxygen atoms in total. The highest BCUT2D eigenvalue weighted by Gasteiger charge is 2.18. The van der Waals surface area contributed by atoms with E-state index in [0.717, 1.165) is 38.1 Å². The smallest absolute Gasteiger partial charge is 0.127 e. The zero-order valence-electron chi connectivity index (χ0n) is 12.9. The van der Waals surface area contributed by atoms with Crippen LogP contribution in [-0.4, -0.2) is 26.8 Å². The van der Waals surface area contributed by atoms with Crippen LogP contribution in [0.5, 0.6) is 0 Å². The van der Waals surface area contributed by atoms with Gasteiger partial charge in [0, 0.05) is 25.2 Å². The van der Waals surface area contributed by atoms with Crippen LogP contribution in [0.25, 0.3) is 0 Å². The molecular weight excluding hydrogens is 277 g/mol. The van der Waals surface area contributed by atoms with E-state index < -0.39 is 0 Å². The Bertz CT molecular complexity index is 435. The highest BCUT2D eigenvalue weighted by molar-refractivity contribution is 6.31. The van der Waals surface area contributed by atoms with Crippen molar-refractivity contribution in [3.05, 3.63) is 34.1 Å². The van der Waals surface area contributed by atoms with E-state index in [9.17, 15) is 4.39 Å². The van der Waals surface area contributed by atoms with E-state index in [2.05, 4.69) is 19.2 Å². The van der Waals surface area contributed by atoms with Crippen LogP contribution in [0, 0.1) is 18.2 Å². The maximum atomic E-state index is 13.4. The molecule has 0 unspecified atom stereocenters. The molecule has 0 aromatic heterocycles. The van der Waals surface area contributed by atoms with Crippen molar-refractivity contribution in [3.8, 4) is 0 Å². The highest BCUT2D eigenvalue weighted by atomic mass is 35.5. The molecule has 4 heteroatoms. The molecular formula is C16H25ClFNO. The van der Waals surface area contributed by atoms with E-state index in [1.807, 2.05) is 6.07 Å². The van der Waals surface area contributed by atoms with Gasteiger partial charge in [0.2, 0.25) is 0 Å². The molecule has 0 bridgehead atoms. The Morgan fingerprint density at radius 3 is 2.70 bits per heavy atom. The van der Waals surface area contributed by atoms with Gasteiger partial charge < -0.3 is 10.1 Å². The third-order valence-electron chi connectivity index (χ3n) is 3.49. The molecule has 0 aliphatic rings. The molecule has 20 heavy (non-hydrogen) atoms. The van der Waals surface area contributed by atoms with Gasteiger partial charge in [0.25, 0.3) is 0 Å². The van der Waals surface area contributed by atoms with Crippen LogP contribution in [0.15, 0.2) is 12.1 Å². The SMILES string of the molecule is COCCNCC(C)(C)CCc1cc(C)c(F)cc1Cl. The van der Waals surface area contributed by atoms with Crippen molar-refractivity contribution in [1.82, 2.24) is 5.32 Å². The van der Waals surface area contributed by atoms with E-state index in [-0.39, 0.29) is 11.2 Å². The predicted octanol–water partition coefficient (Wildman–Crippen LogP) is 3.98. The van der Waals surface area contributed by atoms with Crippen LogP contribution < -0.4 is 5.32 Å². The Morgan fingerprint density at radius 2 is 2.05 bits per heavy atom. The molecule has 0 radical (unpaired) electrons. The molecule has 1 aromatic rings. The first kappa shape index (κ1) is 17.4. The van der Waals surface area contributed by atoms with Crippen molar-refractivity contribution in [2.75, 3.05) is 26.8 Å². The summed E-state index contributed by atoms with van der Waals surface area (Å²) < 4.78 is 18.4. The lowest BCUT2D eigenvalue weighted by Crippen LogP contribution is -2.32. The zero-order valence-corrected chi connectivity index (χ0v) is 13.6. The first-order valence-corrected chi connectivity index (χ1v) is 7.38. The van der Waals surface area contributed by atoms with E-state index in [1.54, 1.807) is 14.0 Å². The maximum Gasteiger partial charge on any atom is 0.127 e. The van der Waals surface area contributed by atoms with Gasteiger partial charge in [-0.2, -0.15) is 0 Å². The predicted molar refractivity (Wildman–Crippen MR) is 83.0 cm³/mol. The van der Waals surface area contributed by atoms with Gasteiger partial charge in [-0.15, -0.1) is 0 Å². The Kier molecular flexibility index (Phi) is 6.93. The van der Waals surface area contributed by atoms with E-state index >= 15 is 0 Å². The average molecular weight is 302 g/mol. The number of aryl methyl sites for hydroxylation is 2. The third-order valence-corrected chi connectivity index (χ3v) is 3.84. The summed E-state index contributed by atoms with van der Waals surface area (Å²) in [4.78, 5) is 0. The molecule has 0 amide bonds. The fraction of sp³-hybridized carbons (Fsp3) is 0.625. The highest BCUT2D eigenvalue weighted by Crippen LogP contribution is 2.27. The quantitative estimate of drug-likeness (QED) is 0.733. The van der Waals surface area contributed by atoms with Gasteiger partial charge in [-0.25, -0.2) is 4.39 Å². The molecule has 0 fully saturated rings. The van der Waals surface area contributed by atoms with Gasteiger partial charge in [-0.05, 0) is 42.4 Å².